The second-order valence-electron chi connectivity index (χ2n) is 12.2. The first-order chi connectivity index (χ1) is 19.0. The van der Waals surface area contributed by atoms with Crippen LogP contribution in [-0.4, -0.2) is 63.9 Å². The van der Waals surface area contributed by atoms with Crippen molar-refractivity contribution in [2.45, 2.75) is 83.8 Å². The van der Waals surface area contributed by atoms with Crippen LogP contribution in [0.2, 0.25) is 0 Å². The average molecular weight is 548 g/mol. The Kier molecular flexibility index (Phi) is 8.96. The van der Waals surface area contributed by atoms with Crippen LogP contribution >= 0.6 is 0 Å². The highest BCUT2D eigenvalue weighted by Gasteiger charge is 2.44. The van der Waals surface area contributed by atoms with Gasteiger partial charge in [0.2, 0.25) is 0 Å². The Bertz CT molecular complexity index is 1240. The van der Waals surface area contributed by atoms with Gasteiger partial charge in [0, 0.05) is 30.3 Å². The molecule has 2 aromatic carbocycles. The first kappa shape index (κ1) is 29.3. The molecule has 2 unspecified atom stereocenters. The number of rotatable bonds is 7. The molecule has 8 nitrogen and oxygen atoms in total. The van der Waals surface area contributed by atoms with Gasteiger partial charge < -0.3 is 20.2 Å². The van der Waals surface area contributed by atoms with E-state index < -0.39 is 24.1 Å². The third kappa shape index (κ3) is 6.72. The van der Waals surface area contributed by atoms with Crippen LogP contribution in [0.25, 0.3) is 0 Å². The molecule has 1 saturated heterocycles. The molecule has 1 aliphatic heterocycles. The Hall–Kier alpha value is -3.68. The number of nitrogens with one attached hydrogen (secondary N) is 1. The fourth-order valence-corrected chi connectivity index (χ4v) is 5.88. The highest BCUT2D eigenvalue weighted by Crippen LogP contribution is 2.29. The van der Waals surface area contributed by atoms with Crippen molar-refractivity contribution >= 4 is 23.7 Å². The highest BCUT2D eigenvalue weighted by molar-refractivity contribution is 6.02. The molecule has 2 atom stereocenters. The molecule has 1 heterocycles. The fourth-order valence-electron chi connectivity index (χ4n) is 5.88. The summed E-state index contributed by atoms with van der Waals surface area (Å²) in [5.41, 5.74) is 2.80. The maximum absolute atomic E-state index is 13.9. The number of hydrogen-bond donors (Lipinski definition) is 2. The van der Waals surface area contributed by atoms with Gasteiger partial charge in [-0.15, -0.1) is 0 Å². The number of aryl methyl sites for hydroxylation is 1. The maximum Gasteiger partial charge on any atom is 0.305 e. The lowest BCUT2D eigenvalue weighted by Crippen LogP contribution is -2.57. The zero-order valence-corrected chi connectivity index (χ0v) is 24.0. The summed E-state index contributed by atoms with van der Waals surface area (Å²) < 4.78 is 0. The minimum Gasteiger partial charge on any atom is -0.481 e. The molecule has 2 N–H and O–H groups in total. The number of carbonyl (C=O) groups is 4. The number of carboxylic acids is 1. The van der Waals surface area contributed by atoms with Gasteiger partial charge in [0.15, 0.2) is 6.17 Å². The van der Waals surface area contributed by atoms with Crippen molar-refractivity contribution in [1.29, 1.82) is 0 Å². The van der Waals surface area contributed by atoms with Crippen LogP contribution in [0, 0.1) is 12.8 Å². The summed E-state index contributed by atoms with van der Waals surface area (Å²) in [6, 6.07) is 13.9. The summed E-state index contributed by atoms with van der Waals surface area (Å²) in [5, 5.41) is 12.6. The van der Waals surface area contributed by atoms with Crippen molar-refractivity contribution in [3.8, 4) is 0 Å². The van der Waals surface area contributed by atoms with E-state index in [9.17, 15) is 24.3 Å². The quantitative estimate of drug-likeness (QED) is 0.520. The van der Waals surface area contributed by atoms with Gasteiger partial charge in [-0.1, -0.05) is 69.9 Å². The lowest BCUT2D eigenvalue weighted by atomic mass is 9.82. The van der Waals surface area contributed by atoms with Gasteiger partial charge in [0.05, 0.1) is 6.42 Å². The number of carbonyl (C=O) groups excluding carboxylic acids is 3. The molecule has 2 aromatic rings. The highest BCUT2D eigenvalue weighted by atomic mass is 16.4. The van der Waals surface area contributed by atoms with Gasteiger partial charge in [-0.25, -0.2) is 0 Å². The number of amides is 3. The lowest BCUT2D eigenvalue weighted by Gasteiger charge is -2.34. The second-order valence-corrected chi connectivity index (χ2v) is 12.2. The molecule has 0 spiro atoms. The minimum absolute atomic E-state index is 0.0465. The summed E-state index contributed by atoms with van der Waals surface area (Å²) >= 11 is 0. The maximum atomic E-state index is 13.9. The first-order valence-corrected chi connectivity index (χ1v) is 14.3. The van der Waals surface area contributed by atoms with E-state index >= 15 is 0 Å². The zero-order chi connectivity index (χ0) is 29.0. The molecule has 214 valence electrons. The van der Waals surface area contributed by atoms with Gasteiger partial charge in [-0.2, -0.15) is 0 Å². The summed E-state index contributed by atoms with van der Waals surface area (Å²) in [4.78, 5) is 55.9. The van der Waals surface area contributed by atoms with Gasteiger partial charge >= 0.3 is 5.97 Å². The minimum atomic E-state index is -1.18. The van der Waals surface area contributed by atoms with Gasteiger partial charge in [0.25, 0.3) is 17.7 Å². The van der Waals surface area contributed by atoms with E-state index in [0.29, 0.717) is 11.1 Å². The Labute approximate surface area is 236 Å². The van der Waals surface area contributed by atoms with Crippen LogP contribution in [0.4, 0.5) is 0 Å². The van der Waals surface area contributed by atoms with E-state index in [1.807, 2.05) is 25.1 Å². The molecule has 40 heavy (non-hydrogen) atoms. The smallest absolute Gasteiger partial charge is 0.305 e. The Morgan fingerprint density at radius 2 is 1.50 bits per heavy atom. The molecule has 2 aliphatic rings. The lowest BCUT2D eigenvalue weighted by molar-refractivity contribution is -0.138. The third-order valence-electron chi connectivity index (χ3n) is 8.13. The second kappa shape index (κ2) is 12.2. The van der Waals surface area contributed by atoms with Gasteiger partial charge in [0.1, 0.15) is 0 Å². The zero-order valence-electron chi connectivity index (χ0n) is 24.0. The molecule has 0 radical (unpaired) electrons. The van der Waals surface area contributed by atoms with Crippen LogP contribution in [0.15, 0.2) is 48.5 Å². The molecule has 3 amide bonds. The number of nitrogens with zero attached hydrogens (tertiary/aromatic N) is 2. The van der Waals surface area contributed by atoms with E-state index in [1.54, 1.807) is 30.3 Å². The van der Waals surface area contributed by atoms with Gasteiger partial charge in [-0.3, -0.25) is 19.2 Å². The molecular weight excluding hydrogens is 506 g/mol. The first-order valence-electron chi connectivity index (χ1n) is 14.3. The predicted molar refractivity (Wildman–Crippen MR) is 153 cm³/mol. The number of hydrogen-bond acceptors (Lipinski definition) is 4. The Morgan fingerprint density at radius 3 is 2.05 bits per heavy atom. The van der Waals surface area contributed by atoms with Crippen molar-refractivity contribution in [3.63, 3.8) is 0 Å². The molecule has 8 heteroatoms. The summed E-state index contributed by atoms with van der Waals surface area (Å²) in [6.07, 6.45) is 3.40. The molecule has 4 rings (SSSR count). The molecular formula is C32H41N3O5. The fraction of sp³-hybridized carbons (Fsp3) is 0.500. The van der Waals surface area contributed by atoms with Crippen LogP contribution < -0.4 is 5.32 Å². The molecule has 1 saturated carbocycles. The van der Waals surface area contributed by atoms with E-state index in [4.69, 9.17) is 0 Å². The van der Waals surface area contributed by atoms with Crippen LogP contribution in [0.1, 0.15) is 91.1 Å². The normalized spacial score (nSPS) is 18.9. The molecule has 0 bridgehead atoms. The van der Waals surface area contributed by atoms with E-state index in [2.05, 4.69) is 26.1 Å². The van der Waals surface area contributed by atoms with E-state index in [1.165, 1.54) is 9.80 Å². The number of aliphatic carboxylic acids is 1. The van der Waals surface area contributed by atoms with Crippen LogP contribution in [0.5, 0.6) is 0 Å². The Morgan fingerprint density at radius 1 is 0.900 bits per heavy atom. The summed E-state index contributed by atoms with van der Waals surface area (Å²) in [5.74, 6) is -2.13. The molecule has 1 aliphatic carbocycles. The number of benzene rings is 2. The molecule has 2 fully saturated rings. The monoisotopic (exact) mass is 547 g/mol. The largest absolute Gasteiger partial charge is 0.481 e. The van der Waals surface area contributed by atoms with Gasteiger partial charge in [-0.05, 0) is 60.9 Å². The van der Waals surface area contributed by atoms with Crippen molar-refractivity contribution in [2.75, 3.05) is 13.1 Å². The predicted octanol–water partition coefficient (Wildman–Crippen LogP) is 4.76. The van der Waals surface area contributed by atoms with Crippen LogP contribution in [-0.2, 0) is 15.0 Å². The third-order valence-corrected chi connectivity index (χ3v) is 8.13. The topological polar surface area (TPSA) is 107 Å². The van der Waals surface area contributed by atoms with Crippen molar-refractivity contribution < 1.29 is 24.3 Å². The standard InChI is InChI=1S/C32H41N3O5/c1-21-9-8-12-24(19-21)31(40)35-18-17-34(30(39)23-13-15-25(16-14-23)32(2,3)4)29(35)28(38)33-26(20-27(36)37)22-10-6-5-7-11-22/h8-9,12-16,19,22,26,29H,5-7,10-11,17-18,20H2,1-4H3,(H,33,38)(H,36,37). The van der Waals surface area contributed by atoms with Crippen molar-refractivity contribution in [3.05, 3.63) is 70.8 Å². The molecule has 0 aromatic heterocycles. The van der Waals surface area contributed by atoms with E-state index in [0.717, 1.165) is 43.2 Å². The van der Waals surface area contributed by atoms with Crippen molar-refractivity contribution in [1.82, 2.24) is 15.1 Å². The van der Waals surface area contributed by atoms with E-state index in [-0.39, 0.29) is 42.7 Å². The summed E-state index contributed by atoms with van der Waals surface area (Å²) in [7, 11) is 0. The average Bonchev–Trinajstić information content (AvgIpc) is 3.37. The SMILES string of the molecule is Cc1cccc(C(=O)N2CCN(C(=O)c3ccc(C(C)(C)C)cc3)C2C(=O)NC(CC(=O)O)C2CCCCC2)c1. The van der Waals surface area contributed by atoms with Crippen LogP contribution in [0.3, 0.4) is 0 Å². The number of carboxylic acid groups (broad SMARTS) is 1. The van der Waals surface area contributed by atoms with Crippen molar-refractivity contribution in [2.24, 2.45) is 5.92 Å². The summed E-state index contributed by atoms with van der Waals surface area (Å²) in [6.45, 7) is 8.58. The Balaban J connectivity index is 1.64.